The average molecular weight is 283 g/mol. The summed E-state index contributed by atoms with van der Waals surface area (Å²) in [6.07, 6.45) is 5.09. The molecule has 2 fully saturated rings. The molecule has 2 aliphatic rings. The molecule has 2 rings (SSSR count). The Hall–Kier alpha value is 0.160. The van der Waals surface area contributed by atoms with Gasteiger partial charge in [0.15, 0.2) is 0 Å². The lowest BCUT2D eigenvalue weighted by Gasteiger charge is -2.34. The van der Waals surface area contributed by atoms with Crippen molar-refractivity contribution < 1.29 is 8.42 Å². The molecular formula is C11H23ClN2O2S. The maximum atomic E-state index is 12.0. The normalized spacial score (nSPS) is 32.5. The number of halogens is 1. The summed E-state index contributed by atoms with van der Waals surface area (Å²) in [5.41, 5.74) is 0. The average Bonchev–Trinajstić information content (AvgIpc) is 2.56. The van der Waals surface area contributed by atoms with Crippen LogP contribution in [0.2, 0.25) is 0 Å². The van der Waals surface area contributed by atoms with Crippen LogP contribution < -0.4 is 5.32 Å². The molecule has 0 radical (unpaired) electrons. The highest BCUT2D eigenvalue weighted by molar-refractivity contribution is 7.89. The van der Waals surface area contributed by atoms with Gasteiger partial charge in [-0.15, -0.1) is 12.4 Å². The van der Waals surface area contributed by atoms with E-state index >= 15 is 0 Å². The van der Waals surface area contributed by atoms with Crippen molar-refractivity contribution in [3.05, 3.63) is 0 Å². The van der Waals surface area contributed by atoms with Gasteiger partial charge in [-0.05, 0) is 32.1 Å². The number of piperidine rings is 1. The van der Waals surface area contributed by atoms with E-state index in [1.165, 1.54) is 12.8 Å². The summed E-state index contributed by atoms with van der Waals surface area (Å²) in [5.74, 6) is 0.281. The minimum absolute atomic E-state index is 0. The zero-order valence-corrected chi connectivity index (χ0v) is 12.2. The third-order valence-corrected chi connectivity index (χ3v) is 5.96. The fraction of sp³-hybridized carbons (Fsp3) is 1.00. The second-order valence-electron chi connectivity index (χ2n) is 5.10. The van der Waals surface area contributed by atoms with Gasteiger partial charge in [-0.3, -0.25) is 0 Å². The number of hydrogen-bond donors (Lipinski definition) is 1. The molecule has 2 atom stereocenters. The summed E-state index contributed by atoms with van der Waals surface area (Å²) in [4.78, 5) is 0. The Kier molecular flexibility index (Phi) is 5.25. The van der Waals surface area contributed by atoms with Crippen molar-refractivity contribution in [1.29, 1.82) is 0 Å². The van der Waals surface area contributed by atoms with Gasteiger partial charge in [0.25, 0.3) is 0 Å². The van der Waals surface area contributed by atoms with Crippen LogP contribution >= 0.6 is 12.4 Å². The molecule has 0 aliphatic carbocycles. The molecule has 17 heavy (non-hydrogen) atoms. The molecule has 0 aromatic rings. The van der Waals surface area contributed by atoms with E-state index in [-0.39, 0.29) is 24.2 Å². The van der Waals surface area contributed by atoms with E-state index in [4.69, 9.17) is 0 Å². The lowest BCUT2D eigenvalue weighted by atomic mass is 10.0. The minimum Gasteiger partial charge on any atom is -0.311 e. The predicted octanol–water partition coefficient (Wildman–Crippen LogP) is 1.36. The van der Waals surface area contributed by atoms with Crippen LogP contribution in [-0.2, 0) is 10.0 Å². The van der Waals surface area contributed by atoms with Crippen LogP contribution in [0.4, 0.5) is 0 Å². The number of sulfonamides is 1. The Labute approximate surface area is 111 Å². The standard InChI is InChI=1S/C11H22N2O2S.ClH/c1-3-6-16(14,15)13(2)11-7-9-4-5-10(8-11)12-9;/h9-12H,3-8H2,1-2H3;1H. The summed E-state index contributed by atoms with van der Waals surface area (Å²) in [6, 6.07) is 1.31. The molecule has 4 nitrogen and oxygen atoms in total. The van der Waals surface area contributed by atoms with Gasteiger partial charge < -0.3 is 5.32 Å². The smallest absolute Gasteiger partial charge is 0.214 e. The van der Waals surface area contributed by atoms with E-state index in [2.05, 4.69) is 5.32 Å². The molecule has 1 N–H and O–H groups in total. The van der Waals surface area contributed by atoms with Crippen LogP contribution in [0.25, 0.3) is 0 Å². The lowest BCUT2D eigenvalue weighted by Crippen LogP contribution is -2.49. The highest BCUT2D eigenvalue weighted by Crippen LogP contribution is 2.30. The van der Waals surface area contributed by atoms with Crippen LogP contribution in [0.1, 0.15) is 39.0 Å². The van der Waals surface area contributed by atoms with Crippen molar-refractivity contribution in [3.8, 4) is 0 Å². The highest BCUT2D eigenvalue weighted by Gasteiger charge is 2.37. The Morgan fingerprint density at radius 3 is 2.24 bits per heavy atom. The predicted molar refractivity (Wildman–Crippen MR) is 72.1 cm³/mol. The van der Waals surface area contributed by atoms with Gasteiger partial charge in [-0.1, -0.05) is 6.92 Å². The van der Waals surface area contributed by atoms with Crippen LogP contribution in [0.3, 0.4) is 0 Å². The molecule has 2 heterocycles. The van der Waals surface area contributed by atoms with Gasteiger partial charge in [-0.2, -0.15) is 0 Å². The van der Waals surface area contributed by atoms with Gasteiger partial charge in [0.2, 0.25) is 10.0 Å². The molecule has 6 heteroatoms. The van der Waals surface area contributed by atoms with E-state index in [9.17, 15) is 8.42 Å². The van der Waals surface area contributed by atoms with Crippen molar-refractivity contribution in [2.75, 3.05) is 12.8 Å². The lowest BCUT2D eigenvalue weighted by molar-refractivity contribution is 0.251. The quantitative estimate of drug-likeness (QED) is 0.847. The second kappa shape index (κ2) is 5.87. The maximum Gasteiger partial charge on any atom is 0.214 e. The topological polar surface area (TPSA) is 49.4 Å². The summed E-state index contributed by atoms with van der Waals surface area (Å²) >= 11 is 0. The van der Waals surface area contributed by atoms with Crippen molar-refractivity contribution in [1.82, 2.24) is 9.62 Å². The summed E-state index contributed by atoms with van der Waals surface area (Å²) < 4.78 is 25.6. The van der Waals surface area contributed by atoms with E-state index in [1.807, 2.05) is 6.92 Å². The monoisotopic (exact) mass is 282 g/mol. The van der Waals surface area contributed by atoms with Crippen LogP contribution in [0.15, 0.2) is 0 Å². The molecule has 102 valence electrons. The van der Waals surface area contributed by atoms with Gasteiger partial charge in [0, 0.05) is 25.2 Å². The van der Waals surface area contributed by atoms with Gasteiger partial charge in [0.05, 0.1) is 5.75 Å². The molecule has 2 aliphatic heterocycles. The third-order valence-electron chi connectivity index (χ3n) is 3.86. The SMILES string of the molecule is CCCS(=O)(=O)N(C)C1CC2CCC(C1)N2.Cl. The molecule has 2 unspecified atom stereocenters. The van der Waals surface area contributed by atoms with E-state index < -0.39 is 10.0 Å². The Bertz CT molecular complexity index is 335. The molecule has 0 spiro atoms. The minimum atomic E-state index is -3.02. The Balaban J connectivity index is 0.00000144. The first-order chi connectivity index (χ1) is 7.53. The first-order valence-corrected chi connectivity index (χ1v) is 7.85. The van der Waals surface area contributed by atoms with Crippen LogP contribution in [-0.4, -0.2) is 43.6 Å². The van der Waals surface area contributed by atoms with Crippen LogP contribution in [0.5, 0.6) is 0 Å². The van der Waals surface area contributed by atoms with Crippen molar-refractivity contribution >= 4 is 22.4 Å². The van der Waals surface area contributed by atoms with Gasteiger partial charge in [-0.25, -0.2) is 12.7 Å². The summed E-state index contributed by atoms with van der Waals surface area (Å²) in [6.45, 7) is 1.91. The number of nitrogens with one attached hydrogen (secondary N) is 1. The molecule has 0 saturated carbocycles. The first-order valence-electron chi connectivity index (χ1n) is 6.24. The molecule has 0 aromatic heterocycles. The zero-order valence-electron chi connectivity index (χ0n) is 10.6. The van der Waals surface area contributed by atoms with Gasteiger partial charge in [0.1, 0.15) is 0 Å². The van der Waals surface area contributed by atoms with Crippen molar-refractivity contribution in [2.45, 2.75) is 57.2 Å². The first kappa shape index (κ1) is 15.2. The maximum absolute atomic E-state index is 12.0. The molecule has 0 aromatic carbocycles. The van der Waals surface area contributed by atoms with E-state index in [0.717, 1.165) is 12.8 Å². The van der Waals surface area contributed by atoms with E-state index in [1.54, 1.807) is 11.4 Å². The highest BCUT2D eigenvalue weighted by atomic mass is 35.5. The number of nitrogens with zero attached hydrogens (tertiary/aromatic N) is 1. The van der Waals surface area contributed by atoms with E-state index in [0.29, 0.717) is 18.5 Å². The Morgan fingerprint density at radius 1 is 1.24 bits per heavy atom. The second-order valence-corrected chi connectivity index (χ2v) is 7.24. The molecule has 2 bridgehead atoms. The fourth-order valence-electron chi connectivity index (χ4n) is 2.95. The van der Waals surface area contributed by atoms with Crippen molar-refractivity contribution in [2.24, 2.45) is 0 Å². The molecule has 2 saturated heterocycles. The van der Waals surface area contributed by atoms with Gasteiger partial charge >= 0.3 is 0 Å². The van der Waals surface area contributed by atoms with Crippen molar-refractivity contribution in [3.63, 3.8) is 0 Å². The molecular weight excluding hydrogens is 260 g/mol. The summed E-state index contributed by atoms with van der Waals surface area (Å²) in [5, 5.41) is 3.54. The fourth-order valence-corrected chi connectivity index (χ4v) is 4.38. The number of hydrogen-bond acceptors (Lipinski definition) is 3. The number of rotatable bonds is 4. The Morgan fingerprint density at radius 2 is 1.76 bits per heavy atom. The van der Waals surface area contributed by atoms with Crippen LogP contribution in [0, 0.1) is 0 Å². The largest absolute Gasteiger partial charge is 0.311 e. The summed E-state index contributed by atoms with van der Waals surface area (Å²) in [7, 11) is -1.27. The number of fused-ring (bicyclic) bond motifs is 2. The zero-order chi connectivity index (χ0) is 11.8. The molecule has 0 amide bonds. The third kappa shape index (κ3) is 3.34.